The van der Waals surface area contributed by atoms with Crippen molar-refractivity contribution in [3.05, 3.63) is 42.5 Å². The van der Waals surface area contributed by atoms with Gasteiger partial charge in [0.1, 0.15) is 17.1 Å². The molecule has 2 aromatic rings. The molecule has 1 heterocycles. The molecular formula is C14H16N2O. The lowest BCUT2D eigenvalue weighted by molar-refractivity contribution is 0.328. The summed E-state index contributed by atoms with van der Waals surface area (Å²) in [6.07, 6.45) is 4.99. The van der Waals surface area contributed by atoms with Crippen molar-refractivity contribution in [2.45, 2.75) is 13.3 Å². The highest BCUT2D eigenvalue weighted by atomic mass is 16.5. The zero-order valence-corrected chi connectivity index (χ0v) is 9.89. The number of fused-ring (bicyclic) bond motifs is 1. The van der Waals surface area contributed by atoms with Crippen LogP contribution in [0.4, 0.5) is 5.82 Å². The molecule has 1 aromatic heterocycles. The van der Waals surface area contributed by atoms with E-state index in [0.29, 0.717) is 12.4 Å². The first-order chi connectivity index (χ1) is 8.31. The van der Waals surface area contributed by atoms with Crippen molar-refractivity contribution in [2.75, 3.05) is 12.3 Å². The molecule has 0 unspecified atom stereocenters. The SMILES string of the molecule is CC=CCCOc1cccc2ccc(N)nc12. The van der Waals surface area contributed by atoms with Crippen molar-refractivity contribution in [3.63, 3.8) is 0 Å². The van der Waals surface area contributed by atoms with Gasteiger partial charge in [0.05, 0.1) is 6.61 Å². The van der Waals surface area contributed by atoms with Gasteiger partial charge < -0.3 is 10.5 Å². The summed E-state index contributed by atoms with van der Waals surface area (Å²) < 4.78 is 5.71. The number of hydrogen-bond donors (Lipinski definition) is 1. The van der Waals surface area contributed by atoms with Gasteiger partial charge in [0, 0.05) is 5.39 Å². The first-order valence-corrected chi connectivity index (χ1v) is 5.70. The van der Waals surface area contributed by atoms with E-state index in [-0.39, 0.29) is 0 Å². The number of ether oxygens (including phenoxy) is 1. The van der Waals surface area contributed by atoms with E-state index < -0.39 is 0 Å². The third-order valence-corrected chi connectivity index (χ3v) is 2.48. The Hall–Kier alpha value is -2.03. The number of nitrogen functional groups attached to an aromatic ring is 1. The van der Waals surface area contributed by atoms with E-state index in [4.69, 9.17) is 10.5 Å². The van der Waals surface area contributed by atoms with Gasteiger partial charge in [-0.05, 0) is 31.5 Å². The van der Waals surface area contributed by atoms with Crippen molar-refractivity contribution in [3.8, 4) is 5.75 Å². The number of pyridine rings is 1. The summed E-state index contributed by atoms with van der Waals surface area (Å²) in [5, 5.41) is 1.04. The van der Waals surface area contributed by atoms with Crippen LogP contribution in [0.15, 0.2) is 42.5 Å². The third-order valence-electron chi connectivity index (χ3n) is 2.48. The Morgan fingerprint density at radius 2 is 2.18 bits per heavy atom. The fourth-order valence-corrected chi connectivity index (χ4v) is 1.66. The average molecular weight is 228 g/mol. The maximum Gasteiger partial charge on any atom is 0.145 e. The quantitative estimate of drug-likeness (QED) is 0.646. The van der Waals surface area contributed by atoms with Gasteiger partial charge in [0.2, 0.25) is 0 Å². The Bertz CT molecular complexity index is 535. The van der Waals surface area contributed by atoms with Crippen LogP contribution in [0.1, 0.15) is 13.3 Å². The maximum absolute atomic E-state index is 5.71. The average Bonchev–Trinajstić information content (AvgIpc) is 2.35. The summed E-state index contributed by atoms with van der Waals surface area (Å²) in [6.45, 7) is 2.65. The van der Waals surface area contributed by atoms with Crippen LogP contribution in [0.25, 0.3) is 10.9 Å². The highest BCUT2D eigenvalue weighted by Crippen LogP contribution is 2.24. The monoisotopic (exact) mass is 228 g/mol. The number of nitrogens with two attached hydrogens (primary N) is 1. The van der Waals surface area contributed by atoms with E-state index in [9.17, 15) is 0 Å². The molecule has 0 aliphatic carbocycles. The Kier molecular flexibility index (Phi) is 3.60. The molecule has 0 spiro atoms. The zero-order chi connectivity index (χ0) is 12.1. The fraction of sp³-hybridized carbons (Fsp3) is 0.214. The van der Waals surface area contributed by atoms with Gasteiger partial charge in [0.25, 0.3) is 0 Å². The number of benzene rings is 1. The van der Waals surface area contributed by atoms with Crippen molar-refractivity contribution < 1.29 is 4.74 Å². The van der Waals surface area contributed by atoms with Crippen LogP contribution in [-0.4, -0.2) is 11.6 Å². The summed E-state index contributed by atoms with van der Waals surface area (Å²) in [7, 11) is 0. The van der Waals surface area contributed by atoms with Crippen LogP contribution in [-0.2, 0) is 0 Å². The predicted octanol–water partition coefficient (Wildman–Crippen LogP) is 3.16. The molecule has 88 valence electrons. The molecule has 0 atom stereocenters. The van der Waals surface area contributed by atoms with Gasteiger partial charge in [-0.2, -0.15) is 0 Å². The lowest BCUT2D eigenvalue weighted by atomic mass is 10.2. The Morgan fingerprint density at radius 3 is 3.00 bits per heavy atom. The molecule has 0 radical (unpaired) electrons. The Labute approximate surface area is 101 Å². The second-order valence-corrected chi connectivity index (χ2v) is 3.77. The lowest BCUT2D eigenvalue weighted by Crippen LogP contribution is -1.98. The van der Waals surface area contributed by atoms with Crippen LogP contribution >= 0.6 is 0 Å². The highest BCUT2D eigenvalue weighted by molar-refractivity contribution is 5.85. The molecule has 3 heteroatoms. The van der Waals surface area contributed by atoms with E-state index in [1.165, 1.54) is 0 Å². The van der Waals surface area contributed by atoms with Crippen molar-refractivity contribution >= 4 is 16.7 Å². The molecule has 0 fully saturated rings. The van der Waals surface area contributed by atoms with Gasteiger partial charge in [-0.15, -0.1) is 0 Å². The minimum absolute atomic E-state index is 0.516. The minimum Gasteiger partial charge on any atom is -0.491 e. The van der Waals surface area contributed by atoms with Crippen LogP contribution in [0.3, 0.4) is 0 Å². The lowest BCUT2D eigenvalue weighted by Gasteiger charge is -2.07. The number of rotatable bonds is 4. The zero-order valence-electron chi connectivity index (χ0n) is 9.89. The van der Waals surface area contributed by atoms with E-state index in [1.54, 1.807) is 6.07 Å². The molecule has 3 nitrogen and oxygen atoms in total. The summed E-state index contributed by atoms with van der Waals surface area (Å²) in [5.74, 6) is 1.31. The van der Waals surface area contributed by atoms with Gasteiger partial charge in [0.15, 0.2) is 0 Å². The summed E-state index contributed by atoms with van der Waals surface area (Å²) in [5.41, 5.74) is 6.52. The molecule has 0 aliphatic heterocycles. The molecule has 2 rings (SSSR count). The standard InChI is InChI=1S/C14H16N2O/c1-2-3-4-10-17-12-7-5-6-11-8-9-13(15)16-14(11)12/h2-3,5-9H,4,10H2,1H3,(H2,15,16). The van der Waals surface area contributed by atoms with Crippen LogP contribution in [0, 0.1) is 0 Å². The minimum atomic E-state index is 0.516. The predicted molar refractivity (Wildman–Crippen MR) is 71.1 cm³/mol. The summed E-state index contributed by atoms with van der Waals surface area (Å²) >= 11 is 0. The van der Waals surface area contributed by atoms with Gasteiger partial charge in [-0.25, -0.2) is 4.98 Å². The van der Waals surface area contributed by atoms with E-state index in [1.807, 2.05) is 37.3 Å². The number of aromatic nitrogens is 1. The van der Waals surface area contributed by atoms with Gasteiger partial charge in [-0.1, -0.05) is 24.3 Å². The van der Waals surface area contributed by atoms with Crippen LogP contribution < -0.4 is 10.5 Å². The first kappa shape index (κ1) is 11.5. The van der Waals surface area contributed by atoms with Gasteiger partial charge in [-0.3, -0.25) is 0 Å². The number of nitrogens with zero attached hydrogens (tertiary/aromatic N) is 1. The second kappa shape index (κ2) is 5.34. The van der Waals surface area contributed by atoms with Crippen LogP contribution in [0.2, 0.25) is 0 Å². The molecular weight excluding hydrogens is 212 g/mol. The maximum atomic E-state index is 5.71. The molecule has 17 heavy (non-hydrogen) atoms. The second-order valence-electron chi connectivity index (χ2n) is 3.77. The molecule has 0 amide bonds. The first-order valence-electron chi connectivity index (χ1n) is 5.70. The fourth-order valence-electron chi connectivity index (χ4n) is 1.66. The largest absolute Gasteiger partial charge is 0.491 e. The number of para-hydroxylation sites is 1. The molecule has 0 bridgehead atoms. The van der Waals surface area contributed by atoms with E-state index in [2.05, 4.69) is 11.1 Å². The molecule has 1 aromatic carbocycles. The van der Waals surface area contributed by atoms with Crippen molar-refractivity contribution in [1.29, 1.82) is 0 Å². The van der Waals surface area contributed by atoms with E-state index >= 15 is 0 Å². The molecule has 0 saturated heterocycles. The Balaban J connectivity index is 2.24. The van der Waals surface area contributed by atoms with Gasteiger partial charge >= 0.3 is 0 Å². The van der Waals surface area contributed by atoms with Crippen molar-refractivity contribution in [1.82, 2.24) is 4.98 Å². The summed E-state index contributed by atoms with van der Waals surface area (Å²) in [4.78, 5) is 4.31. The third kappa shape index (κ3) is 2.75. The molecule has 2 N–H and O–H groups in total. The highest BCUT2D eigenvalue weighted by Gasteiger charge is 2.03. The molecule has 0 aliphatic rings. The Morgan fingerprint density at radius 1 is 1.29 bits per heavy atom. The summed E-state index contributed by atoms with van der Waals surface area (Å²) in [6, 6.07) is 9.64. The topological polar surface area (TPSA) is 48.1 Å². The smallest absolute Gasteiger partial charge is 0.145 e. The number of allylic oxidation sites excluding steroid dienone is 1. The van der Waals surface area contributed by atoms with Crippen molar-refractivity contribution in [2.24, 2.45) is 0 Å². The van der Waals surface area contributed by atoms with E-state index in [0.717, 1.165) is 23.1 Å². The number of hydrogen-bond acceptors (Lipinski definition) is 3. The molecule has 0 saturated carbocycles. The van der Waals surface area contributed by atoms with Crippen LogP contribution in [0.5, 0.6) is 5.75 Å². The number of anilines is 1. The normalized spacial score (nSPS) is 11.1.